The molecule has 1 spiro atoms. The summed E-state index contributed by atoms with van der Waals surface area (Å²) in [6.07, 6.45) is 0.923. The molecule has 11 heteroatoms. The summed E-state index contributed by atoms with van der Waals surface area (Å²) in [6.45, 7) is 14.2. The van der Waals surface area contributed by atoms with Gasteiger partial charge in [0.15, 0.2) is 0 Å². The zero-order valence-corrected chi connectivity index (χ0v) is 28.3. The summed E-state index contributed by atoms with van der Waals surface area (Å²) >= 11 is 0. The molecule has 6 rings (SSSR count). The molecule has 11 nitrogen and oxygen atoms in total. The molecule has 1 N–H and O–H groups in total. The number of esters is 4. The molecule has 5 fully saturated rings. The van der Waals surface area contributed by atoms with Crippen LogP contribution in [0.1, 0.15) is 92.6 Å². The molecule has 2 heterocycles. The highest BCUT2D eigenvalue weighted by Gasteiger charge is 2.90. The van der Waals surface area contributed by atoms with E-state index in [9.17, 15) is 24.3 Å². The van der Waals surface area contributed by atoms with Gasteiger partial charge in [0.05, 0.1) is 43.2 Å². The number of hydrogen-bond donors (Lipinski definition) is 1. The fraction of sp³-hybridized carbons (Fsp3) is 0.771. The predicted octanol–water partition coefficient (Wildman–Crippen LogP) is 4.34. The average molecular weight is 645 g/mol. The van der Waals surface area contributed by atoms with E-state index in [1.807, 2.05) is 13.0 Å². The number of methoxy groups -OCH3 is 1. The third-order valence-corrected chi connectivity index (χ3v) is 13.4. The number of epoxide rings is 1. The Labute approximate surface area is 270 Å². The zero-order chi connectivity index (χ0) is 33.8. The first-order chi connectivity index (χ1) is 21.4. The third kappa shape index (κ3) is 3.96. The van der Waals surface area contributed by atoms with Gasteiger partial charge in [0.25, 0.3) is 0 Å². The SMILES string of the molecule is COC(=O)[C@]1(C)[C@H](O)C[C@H](OC(C)=O)[C@]2(C)[C@H]3C[C@H](OC(=O)C(C)C)[C@@]4(C)[C@@H](c5ccoc5)C[C@H]5O[C@@]54[C@]3(C)[C@H](OC(C)=O)C[C@@H]12. The van der Waals surface area contributed by atoms with Crippen molar-refractivity contribution in [2.24, 2.45) is 39.4 Å². The molecule has 1 aromatic heterocycles. The molecule has 1 saturated heterocycles. The van der Waals surface area contributed by atoms with E-state index in [1.165, 1.54) is 21.0 Å². The molecule has 1 aromatic rings. The van der Waals surface area contributed by atoms with Gasteiger partial charge >= 0.3 is 23.9 Å². The van der Waals surface area contributed by atoms with Crippen molar-refractivity contribution >= 4 is 23.9 Å². The first-order valence-electron chi connectivity index (χ1n) is 16.5. The molecule has 4 saturated carbocycles. The molecule has 1 aliphatic heterocycles. The van der Waals surface area contributed by atoms with Gasteiger partial charge in [-0.15, -0.1) is 0 Å². The van der Waals surface area contributed by atoms with Crippen LogP contribution in [0.15, 0.2) is 23.0 Å². The molecule has 46 heavy (non-hydrogen) atoms. The third-order valence-electron chi connectivity index (χ3n) is 13.4. The van der Waals surface area contributed by atoms with Crippen LogP contribution in [0.25, 0.3) is 0 Å². The van der Waals surface area contributed by atoms with Gasteiger partial charge in [-0.1, -0.05) is 34.6 Å². The number of carbonyl (C=O) groups is 4. The Balaban J connectivity index is 1.61. The molecule has 4 aliphatic carbocycles. The zero-order valence-electron chi connectivity index (χ0n) is 28.3. The van der Waals surface area contributed by atoms with Crippen LogP contribution in [-0.2, 0) is 42.9 Å². The van der Waals surface area contributed by atoms with Crippen LogP contribution in [-0.4, -0.2) is 72.2 Å². The van der Waals surface area contributed by atoms with Crippen molar-refractivity contribution in [3.63, 3.8) is 0 Å². The number of ether oxygens (including phenoxy) is 5. The summed E-state index contributed by atoms with van der Waals surface area (Å²) in [4.78, 5) is 52.6. The lowest BCUT2D eigenvalue weighted by atomic mass is 9.34. The molecule has 254 valence electrons. The number of fused-ring (bicyclic) bond motifs is 3. The largest absolute Gasteiger partial charge is 0.472 e. The maximum atomic E-state index is 13.7. The van der Waals surface area contributed by atoms with Gasteiger partial charge in [-0.2, -0.15) is 0 Å². The van der Waals surface area contributed by atoms with Gasteiger partial charge in [-0.3, -0.25) is 19.2 Å². The summed E-state index contributed by atoms with van der Waals surface area (Å²) in [5.74, 6) is -3.49. The normalized spacial score (nSPS) is 47.0. The minimum Gasteiger partial charge on any atom is -0.472 e. The lowest BCUT2D eigenvalue weighted by Crippen LogP contribution is -2.77. The van der Waals surface area contributed by atoms with Gasteiger partial charge in [0.2, 0.25) is 0 Å². The number of furan rings is 1. The van der Waals surface area contributed by atoms with E-state index in [2.05, 4.69) is 13.8 Å². The van der Waals surface area contributed by atoms with Crippen LogP contribution in [0, 0.1) is 39.4 Å². The van der Waals surface area contributed by atoms with Crippen LogP contribution in [0.2, 0.25) is 0 Å². The van der Waals surface area contributed by atoms with Crippen molar-refractivity contribution in [2.75, 3.05) is 7.11 Å². The molecule has 0 aromatic carbocycles. The Morgan fingerprint density at radius 1 is 0.870 bits per heavy atom. The van der Waals surface area contributed by atoms with Crippen molar-refractivity contribution < 1.29 is 52.4 Å². The lowest BCUT2D eigenvalue weighted by molar-refractivity contribution is -0.303. The molecule has 13 atom stereocenters. The number of carbonyl (C=O) groups excluding carboxylic acids is 4. The summed E-state index contributed by atoms with van der Waals surface area (Å²) in [6, 6.07) is 1.94. The fourth-order valence-electron chi connectivity index (χ4n) is 11.3. The second-order valence-corrected chi connectivity index (χ2v) is 15.5. The van der Waals surface area contributed by atoms with Crippen molar-refractivity contribution in [3.05, 3.63) is 24.2 Å². The van der Waals surface area contributed by atoms with Crippen molar-refractivity contribution in [3.8, 4) is 0 Å². The number of aliphatic hydroxyl groups excluding tert-OH is 1. The quantitative estimate of drug-likeness (QED) is 0.268. The topological polar surface area (TPSA) is 151 Å². The molecule has 0 unspecified atom stereocenters. The fourth-order valence-corrected chi connectivity index (χ4v) is 11.3. The molecule has 0 radical (unpaired) electrons. The van der Waals surface area contributed by atoms with E-state index in [4.69, 9.17) is 28.1 Å². The Kier molecular flexibility index (Phi) is 7.56. The van der Waals surface area contributed by atoms with Crippen LogP contribution in [0.5, 0.6) is 0 Å². The second kappa shape index (κ2) is 10.5. The average Bonchev–Trinajstić information content (AvgIpc) is 3.33. The number of aliphatic hydroxyl groups is 1. The van der Waals surface area contributed by atoms with Crippen molar-refractivity contribution in [1.29, 1.82) is 0 Å². The van der Waals surface area contributed by atoms with Gasteiger partial charge in [0.1, 0.15) is 23.9 Å². The van der Waals surface area contributed by atoms with Gasteiger partial charge in [-0.25, -0.2) is 0 Å². The van der Waals surface area contributed by atoms with E-state index < -0.39 is 81.4 Å². The van der Waals surface area contributed by atoms with Crippen LogP contribution < -0.4 is 0 Å². The van der Waals surface area contributed by atoms with Crippen molar-refractivity contribution in [1.82, 2.24) is 0 Å². The number of rotatable bonds is 6. The monoisotopic (exact) mass is 644 g/mol. The highest BCUT2D eigenvalue weighted by atomic mass is 16.6. The highest BCUT2D eigenvalue weighted by Crippen LogP contribution is 2.83. The Morgan fingerprint density at radius 3 is 2.04 bits per heavy atom. The summed E-state index contributed by atoms with van der Waals surface area (Å²) in [5.41, 5.74) is -3.93. The molecular formula is C35H48O11. The Bertz CT molecular complexity index is 1420. The van der Waals surface area contributed by atoms with Crippen LogP contribution in [0.4, 0.5) is 0 Å². The van der Waals surface area contributed by atoms with Crippen molar-refractivity contribution in [2.45, 2.75) is 123 Å². The first kappa shape index (κ1) is 33.0. The maximum absolute atomic E-state index is 13.7. The summed E-state index contributed by atoms with van der Waals surface area (Å²) < 4.78 is 36.5. The van der Waals surface area contributed by atoms with E-state index in [1.54, 1.807) is 33.3 Å². The van der Waals surface area contributed by atoms with Crippen LogP contribution >= 0.6 is 0 Å². The molecule has 5 aliphatic rings. The second-order valence-electron chi connectivity index (χ2n) is 15.5. The minimum atomic E-state index is -1.42. The van der Waals surface area contributed by atoms with E-state index in [0.29, 0.717) is 12.8 Å². The molecular weight excluding hydrogens is 596 g/mol. The highest BCUT2D eigenvalue weighted by molar-refractivity contribution is 5.78. The predicted molar refractivity (Wildman–Crippen MR) is 161 cm³/mol. The Morgan fingerprint density at radius 2 is 1.48 bits per heavy atom. The molecule has 0 bridgehead atoms. The van der Waals surface area contributed by atoms with E-state index in [-0.39, 0.29) is 36.8 Å². The minimum absolute atomic E-state index is 0.00559. The maximum Gasteiger partial charge on any atom is 0.314 e. The van der Waals surface area contributed by atoms with E-state index in [0.717, 1.165) is 5.56 Å². The van der Waals surface area contributed by atoms with Gasteiger partial charge < -0.3 is 33.2 Å². The number of hydrogen-bond acceptors (Lipinski definition) is 11. The summed E-state index contributed by atoms with van der Waals surface area (Å²) in [5, 5.41) is 11.6. The lowest BCUT2D eigenvalue weighted by Gasteiger charge is -2.71. The summed E-state index contributed by atoms with van der Waals surface area (Å²) in [7, 11) is 1.29. The molecule has 0 amide bonds. The first-order valence-corrected chi connectivity index (χ1v) is 16.5. The van der Waals surface area contributed by atoms with Gasteiger partial charge in [0, 0.05) is 42.4 Å². The standard InChI is InChI=1S/C35H48O11/c1-17(2)29(39)45-26-14-23-31(5)22(32(6,30(40)41-9)24(38)15-25(31)43-18(3)36)13-27(44-19(4)37)34(23,8)35-28(46-35)12-21(33(26,35)7)20-10-11-42-16-20/h10-11,16-17,21-28,38H,12-15H2,1-9H3/t21-,22-,23-,24-,25+,26+,27-,28-,31+,32+,33-,34+,35+/m1/s1. The van der Waals surface area contributed by atoms with Crippen LogP contribution in [0.3, 0.4) is 0 Å². The van der Waals surface area contributed by atoms with E-state index >= 15 is 0 Å². The van der Waals surface area contributed by atoms with Gasteiger partial charge in [-0.05, 0) is 49.7 Å². The smallest absolute Gasteiger partial charge is 0.314 e. The Hall–Kier alpha value is -2.92.